The van der Waals surface area contributed by atoms with Gasteiger partial charge in [0.25, 0.3) is 5.91 Å². The van der Waals surface area contributed by atoms with Crippen molar-refractivity contribution in [3.63, 3.8) is 0 Å². The van der Waals surface area contributed by atoms with E-state index in [1.807, 2.05) is 43.3 Å². The number of nitrogens with one attached hydrogen (secondary N) is 1. The van der Waals surface area contributed by atoms with Crippen molar-refractivity contribution >= 4 is 11.6 Å². The third-order valence-electron chi connectivity index (χ3n) is 2.83. The number of benzene rings is 1. The van der Waals surface area contributed by atoms with Crippen LogP contribution < -0.4 is 10.2 Å². The Kier molecular flexibility index (Phi) is 4.13. The molecule has 0 spiro atoms. The fraction of sp³-hybridized carbons (Fsp3) is 0.200. The molecule has 0 saturated heterocycles. The molecule has 2 aromatic rings. The van der Waals surface area contributed by atoms with E-state index in [0.29, 0.717) is 12.1 Å². The Bertz CT molecular complexity index is 535. The van der Waals surface area contributed by atoms with E-state index in [2.05, 4.69) is 10.3 Å². The Hall–Kier alpha value is -2.36. The van der Waals surface area contributed by atoms with E-state index in [1.54, 1.807) is 24.5 Å². The van der Waals surface area contributed by atoms with E-state index in [0.717, 1.165) is 11.3 Å². The maximum absolute atomic E-state index is 11.8. The van der Waals surface area contributed by atoms with E-state index in [4.69, 9.17) is 0 Å². The first-order valence-electron chi connectivity index (χ1n) is 6.11. The van der Waals surface area contributed by atoms with Gasteiger partial charge in [-0.15, -0.1) is 0 Å². The molecule has 0 radical (unpaired) electrons. The lowest BCUT2D eigenvalue weighted by Gasteiger charge is -2.12. The van der Waals surface area contributed by atoms with E-state index >= 15 is 0 Å². The van der Waals surface area contributed by atoms with Crippen LogP contribution in [0.5, 0.6) is 0 Å². The molecule has 0 aliphatic carbocycles. The van der Waals surface area contributed by atoms with Crippen LogP contribution in [0, 0.1) is 0 Å². The molecule has 0 aliphatic rings. The normalized spacial score (nSPS) is 10.0. The van der Waals surface area contributed by atoms with Gasteiger partial charge in [0.1, 0.15) is 0 Å². The highest BCUT2D eigenvalue weighted by Gasteiger charge is 2.04. The first-order valence-corrected chi connectivity index (χ1v) is 6.11. The molecule has 4 heteroatoms. The Morgan fingerprint density at radius 2 is 1.95 bits per heavy atom. The third-order valence-corrected chi connectivity index (χ3v) is 2.83. The van der Waals surface area contributed by atoms with Crippen molar-refractivity contribution in [2.24, 2.45) is 0 Å². The molecule has 4 nitrogen and oxygen atoms in total. The Morgan fingerprint density at radius 3 is 2.53 bits per heavy atom. The maximum atomic E-state index is 11.8. The number of carbonyl (C=O) groups excluding carboxylic acids is 1. The van der Waals surface area contributed by atoms with Gasteiger partial charge in [0, 0.05) is 38.7 Å². The van der Waals surface area contributed by atoms with Crippen molar-refractivity contribution in [1.29, 1.82) is 0 Å². The number of rotatable bonds is 4. The summed E-state index contributed by atoms with van der Waals surface area (Å²) >= 11 is 0. The highest BCUT2D eigenvalue weighted by molar-refractivity contribution is 5.93. The van der Waals surface area contributed by atoms with Crippen molar-refractivity contribution in [2.45, 2.75) is 6.54 Å². The van der Waals surface area contributed by atoms with Crippen LogP contribution in [0.3, 0.4) is 0 Å². The number of carbonyl (C=O) groups is 1. The van der Waals surface area contributed by atoms with Crippen LogP contribution in [0.1, 0.15) is 15.9 Å². The SMILES string of the molecule is CN(C)c1ccc(CNC(=O)c2cccnc2)cc1. The lowest BCUT2D eigenvalue weighted by molar-refractivity contribution is 0.0950. The summed E-state index contributed by atoms with van der Waals surface area (Å²) in [6.45, 7) is 0.515. The van der Waals surface area contributed by atoms with Gasteiger partial charge in [-0.2, -0.15) is 0 Å². The Labute approximate surface area is 113 Å². The number of aromatic nitrogens is 1. The second kappa shape index (κ2) is 6.00. The van der Waals surface area contributed by atoms with Gasteiger partial charge in [-0.05, 0) is 29.8 Å². The highest BCUT2D eigenvalue weighted by atomic mass is 16.1. The molecule has 0 unspecified atom stereocenters. The van der Waals surface area contributed by atoms with Gasteiger partial charge in [0.05, 0.1) is 5.56 Å². The molecule has 1 heterocycles. The minimum Gasteiger partial charge on any atom is -0.378 e. The number of nitrogens with zero attached hydrogens (tertiary/aromatic N) is 2. The van der Waals surface area contributed by atoms with E-state index < -0.39 is 0 Å². The lowest BCUT2D eigenvalue weighted by Crippen LogP contribution is -2.22. The Balaban J connectivity index is 1.94. The molecule has 1 aromatic heterocycles. The largest absolute Gasteiger partial charge is 0.378 e. The van der Waals surface area contributed by atoms with Crippen LogP contribution in [-0.4, -0.2) is 25.0 Å². The molecule has 0 atom stereocenters. The fourth-order valence-corrected chi connectivity index (χ4v) is 1.69. The van der Waals surface area contributed by atoms with Crippen molar-refractivity contribution in [1.82, 2.24) is 10.3 Å². The zero-order valence-electron chi connectivity index (χ0n) is 11.1. The van der Waals surface area contributed by atoms with Crippen molar-refractivity contribution in [2.75, 3.05) is 19.0 Å². The number of hydrogen-bond donors (Lipinski definition) is 1. The van der Waals surface area contributed by atoms with Gasteiger partial charge >= 0.3 is 0 Å². The van der Waals surface area contributed by atoms with Gasteiger partial charge in [0.15, 0.2) is 0 Å². The molecule has 0 fully saturated rings. The summed E-state index contributed by atoms with van der Waals surface area (Å²) in [6.07, 6.45) is 3.21. The molecule has 1 N–H and O–H groups in total. The number of hydrogen-bond acceptors (Lipinski definition) is 3. The summed E-state index contributed by atoms with van der Waals surface area (Å²) in [4.78, 5) is 17.8. The zero-order valence-corrected chi connectivity index (χ0v) is 11.1. The summed E-state index contributed by atoms with van der Waals surface area (Å²) in [7, 11) is 4.00. The topological polar surface area (TPSA) is 45.2 Å². The number of pyridine rings is 1. The summed E-state index contributed by atoms with van der Waals surface area (Å²) in [5, 5.41) is 2.87. The monoisotopic (exact) mass is 255 g/mol. The standard InChI is InChI=1S/C15H17N3O/c1-18(2)14-7-5-12(6-8-14)10-17-15(19)13-4-3-9-16-11-13/h3-9,11H,10H2,1-2H3,(H,17,19). The molecule has 0 bridgehead atoms. The second-order valence-corrected chi connectivity index (χ2v) is 4.49. The average molecular weight is 255 g/mol. The van der Waals surface area contributed by atoms with Crippen LogP contribution in [0.25, 0.3) is 0 Å². The molecule has 0 saturated carbocycles. The van der Waals surface area contributed by atoms with E-state index in [1.165, 1.54) is 0 Å². The average Bonchev–Trinajstić information content (AvgIpc) is 2.46. The predicted molar refractivity (Wildman–Crippen MR) is 76.2 cm³/mol. The molecule has 0 aliphatic heterocycles. The first kappa shape index (κ1) is 13.1. The summed E-state index contributed by atoms with van der Waals surface area (Å²) in [5.74, 6) is -0.107. The summed E-state index contributed by atoms with van der Waals surface area (Å²) in [5.41, 5.74) is 2.79. The predicted octanol–water partition coefficient (Wildman–Crippen LogP) is 2.08. The molecular formula is C15H17N3O. The minimum atomic E-state index is -0.107. The van der Waals surface area contributed by atoms with Crippen LogP contribution in [-0.2, 0) is 6.54 Å². The van der Waals surface area contributed by atoms with Gasteiger partial charge in [-0.25, -0.2) is 0 Å². The van der Waals surface area contributed by atoms with Crippen LogP contribution in [0.2, 0.25) is 0 Å². The molecule has 1 amide bonds. The summed E-state index contributed by atoms with van der Waals surface area (Å²) < 4.78 is 0. The number of amides is 1. The second-order valence-electron chi connectivity index (χ2n) is 4.49. The van der Waals surface area contributed by atoms with Gasteiger partial charge in [0.2, 0.25) is 0 Å². The smallest absolute Gasteiger partial charge is 0.253 e. The van der Waals surface area contributed by atoms with Crippen LogP contribution in [0.4, 0.5) is 5.69 Å². The third kappa shape index (κ3) is 3.55. The van der Waals surface area contributed by atoms with Gasteiger partial charge in [-0.1, -0.05) is 12.1 Å². The van der Waals surface area contributed by atoms with Crippen molar-refractivity contribution in [3.8, 4) is 0 Å². The molecule has 98 valence electrons. The molecule has 19 heavy (non-hydrogen) atoms. The first-order chi connectivity index (χ1) is 9.16. The van der Waals surface area contributed by atoms with Crippen molar-refractivity contribution in [3.05, 3.63) is 59.9 Å². The van der Waals surface area contributed by atoms with E-state index in [-0.39, 0.29) is 5.91 Å². The molecular weight excluding hydrogens is 238 g/mol. The highest BCUT2D eigenvalue weighted by Crippen LogP contribution is 2.12. The van der Waals surface area contributed by atoms with E-state index in [9.17, 15) is 4.79 Å². The van der Waals surface area contributed by atoms with Crippen LogP contribution >= 0.6 is 0 Å². The molecule has 2 rings (SSSR count). The summed E-state index contributed by atoms with van der Waals surface area (Å²) in [6, 6.07) is 11.6. The van der Waals surface area contributed by atoms with Crippen LogP contribution in [0.15, 0.2) is 48.8 Å². The number of anilines is 1. The lowest BCUT2D eigenvalue weighted by atomic mass is 10.2. The fourth-order valence-electron chi connectivity index (χ4n) is 1.69. The Morgan fingerprint density at radius 1 is 1.21 bits per heavy atom. The minimum absolute atomic E-state index is 0.107. The van der Waals surface area contributed by atoms with Gasteiger partial charge in [-0.3, -0.25) is 9.78 Å². The zero-order chi connectivity index (χ0) is 13.7. The molecule has 1 aromatic carbocycles. The maximum Gasteiger partial charge on any atom is 0.253 e. The van der Waals surface area contributed by atoms with Crippen molar-refractivity contribution < 1.29 is 4.79 Å². The van der Waals surface area contributed by atoms with Gasteiger partial charge < -0.3 is 10.2 Å². The quantitative estimate of drug-likeness (QED) is 0.909.